The molecule has 0 amide bonds. The maximum Gasteiger partial charge on any atom is -0.0207 e. The average molecular weight is 136 g/mol. The van der Waals surface area contributed by atoms with Crippen LogP contribution in [0.5, 0.6) is 0 Å². The molecular weight excluding hydrogens is 120 g/mol. The summed E-state index contributed by atoms with van der Waals surface area (Å²) in [7, 11) is 0. The van der Waals surface area contributed by atoms with Crippen LogP contribution in [0.2, 0.25) is 0 Å². The second-order valence-corrected chi connectivity index (χ2v) is 4.76. The van der Waals surface area contributed by atoms with Crippen molar-refractivity contribution in [2.45, 2.75) is 45.4 Å². The molecule has 0 N–H and O–H groups in total. The zero-order valence-electron chi connectivity index (χ0n) is 6.82. The van der Waals surface area contributed by atoms with Gasteiger partial charge in [-0.1, -0.05) is 13.3 Å². The Labute approximate surface area is 63.0 Å². The third-order valence-electron chi connectivity index (χ3n) is 4.86. The van der Waals surface area contributed by atoms with Gasteiger partial charge in [0.15, 0.2) is 0 Å². The monoisotopic (exact) mass is 136 g/mol. The predicted octanol–water partition coefficient (Wildman–Crippen LogP) is 2.98. The van der Waals surface area contributed by atoms with Crippen LogP contribution in [0.15, 0.2) is 0 Å². The van der Waals surface area contributed by atoms with E-state index in [9.17, 15) is 0 Å². The van der Waals surface area contributed by atoms with Crippen LogP contribution in [-0.4, -0.2) is 0 Å². The molecular formula is C10H16. The molecule has 0 saturated heterocycles. The molecule has 56 valence electrons. The van der Waals surface area contributed by atoms with Crippen LogP contribution in [0.4, 0.5) is 0 Å². The number of rotatable bonds is 1. The van der Waals surface area contributed by atoms with Crippen molar-refractivity contribution in [1.29, 1.82) is 0 Å². The van der Waals surface area contributed by atoms with Crippen molar-refractivity contribution in [3.05, 3.63) is 0 Å². The second-order valence-electron chi connectivity index (χ2n) is 4.76. The largest absolute Gasteiger partial charge is 0.0648 e. The topological polar surface area (TPSA) is 0 Å². The van der Waals surface area contributed by atoms with Gasteiger partial charge < -0.3 is 0 Å². The van der Waals surface area contributed by atoms with Gasteiger partial charge in [-0.25, -0.2) is 0 Å². The predicted molar refractivity (Wildman–Crippen MR) is 41.7 cm³/mol. The highest BCUT2D eigenvalue weighted by atomic mass is 14.8. The summed E-state index contributed by atoms with van der Waals surface area (Å²) in [4.78, 5) is 0. The van der Waals surface area contributed by atoms with Gasteiger partial charge in [0.05, 0.1) is 0 Å². The summed E-state index contributed by atoms with van der Waals surface area (Å²) in [6.07, 6.45) is 9.40. The van der Waals surface area contributed by atoms with Crippen molar-refractivity contribution >= 4 is 0 Å². The zero-order valence-corrected chi connectivity index (χ0v) is 6.82. The Morgan fingerprint density at radius 2 is 2.40 bits per heavy atom. The third kappa shape index (κ3) is 0.339. The Hall–Kier alpha value is 0. The van der Waals surface area contributed by atoms with E-state index >= 15 is 0 Å². The van der Waals surface area contributed by atoms with Gasteiger partial charge >= 0.3 is 0 Å². The smallest absolute Gasteiger partial charge is 0.0207 e. The lowest BCUT2D eigenvalue weighted by molar-refractivity contribution is 0.0996. The van der Waals surface area contributed by atoms with E-state index in [0.29, 0.717) is 0 Å². The molecule has 10 heavy (non-hydrogen) atoms. The molecule has 0 aromatic rings. The van der Waals surface area contributed by atoms with Gasteiger partial charge in [0.1, 0.15) is 0 Å². The molecule has 3 atom stereocenters. The Balaban J connectivity index is 1.92. The van der Waals surface area contributed by atoms with E-state index in [1.54, 1.807) is 32.1 Å². The summed E-state index contributed by atoms with van der Waals surface area (Å²) in [5.74, 6) is 1.19. The van der Waals surface area contributed by atoms with Crippen LogP contribution in [-0.2, 0) is 0 Å². The van der Waals surface area contributed by atoms with Crippen LogP contribution in [0.3, 0.4) is 0 Å². The molecule has 0 heteroatoms. The molecule has 1 spiro atoms. The molecule has 0 aromatic carbocycles. The summed E-state index contributed by atoms with van der Waals surface area (Å²) in [5, 5.41) is 0. The third-order valence-corrected chi connectivity index (χ3v) is 4.86. The lowest BCUT2D eigenvalue weighted by Gasteiger charge is -2.39. The highest BCUT2D eigenvalue weighted by Crippen LogP contribution is 2.86. The van der Waals surface area contributed by atoms with Crippen molar-refractivity contribution in [2.24, 2.45) is 16.7 Å². The van der Waals surface area contributed by atoms with E-state index in [1.165, 1.54) is 12.3 Å². The molecule has 0 nitrogen and oxygen atoms in total. The van der Waals surface area contributed by atoms with Gasteiger partial charge in [0.25, 0.3) is 0 Å². The molecule has 0 aromatic heterocycles. The summed E-state index contributed by atoms with van der Waals surface area (Å²) in [5.41, 5.74) is 1.86. The summed E-state index contributed by atoms with van der Waals surface area (Å²) < 4.78 is 0. The van der Waals surface area contributed by atoms with Crippen molar-refractivity contribution in [2.75, 3.05) is 0 Å². The quantitative estimate of drug-likeness (QED) is 0.520. The van der Waals surface area contributed by atoms with Crippen LogP contribution in [0.25, 0.3) is 0 Å². The van der Waals surface area contributed by atoms with Crippen LogP contribution in [0, 0.1) is 16.7 Å². The molecule has 0 radical (unpaired) electrons. The van der Waals surface area contributed by atoms with Gasteiger partial charge in [0, 0.05) is 0 Å². The van der Waals surface area contributed by atoms with E-state index in [4.69, 9.17) is 0 Å². The van der Waals surface area contributed by atoms with Crippen molar-refractivity contribution in [3.8, 4) is 0 Å². The van der Waals surface area contributed by atoms with Crippen LogP contribution >= 0.6 is 0 Å². The standard InChI is InChI=1S/C10H16/c1-2-9-6-8-4-3-5-10(8,9)7-9/h8H,2-7H2,1H3. The first-order valence-corrected chi connectivity index (χ1v) is 4.83. The van der Waals surface area contributed by atoms with E-state index in [-0.39, 0.29) is 0 Å². The van der Waals surface area contributed by atoms with Gasteiger partial charge in [-0.2, -0.15) is 0 Å². The first kappa shape index (κ1) is 5.62. The second kappa shape index (κ2) is 1.31. The minimum Gasteiger partial charge on any atom is -0.0648 e. The highest BCUT2D eigenvalue weighted by molar-refractivity contribution is 5.27. The maximum absolute atomic E-state index is 2.39. The van der Waals surface area contributed by atoms with Crippen molar-refractivity contribution < 1.29 is 0 Å². The van der Waals surface area contributed by atoms with E-state index < -0.39 is 0 Å². The fourth-order valence-corrected chi connectivity index (χ4v) is 4.17. The number of hydrogen-bond acceptors (Lipinski definition) is 0. The molecule has 0 aliphatic heterocycles. The van der Waals surface area contributed by atoms with Gasteiger partial charge in [-0.15, -0.1) is 0 Å². The summed E-state index contributed by atoms with van der Waals surface area (Å²) in [6, 6.07) is 0. The minimum atomic E-state index is 0.911. The Kier molecular flexibility index (Phi) is 0.735. The molecule has 0 heterocycles. The van der Waals surface area contributed by atoms with Gasteiger partial charge in [-0.3, -0.25) is 0 Å². The minimum absolute atomic E-state index is 0.911. The lowest BCUT2D eigenvalue weighted by Crippen LogP contribution is -2.31. The van der Waals surface area contributed by atoms with Crippen LogP contribution in [0.1, 0.15) is 45.4 Å². The lowest BCUT2D eigenvalue weighted by atomic mass is 9.66. The SMILES string of the molecule is CCC12CC3CCCC31C2. The summed E-state index contributed by atoms with van der Waals surface area (Å²) in [6.45, 7) is 2.39. The first-order valence-electron chi connectivity index (χ1n) is 4.83. The van der Waals surface area contributed by atoms with E-state index in [1.807, 2.05) is 0 Å². The highest BCUT2D eigenvalue weighted by Gasteiger charge is 2.77. The average Bonchev–Trinajstić information content (AvgIpc) is 2.17. The molecule has 3 saturated carbocycles. The van der Waals surface area contributed by atoms with E-state index in [2.05, 4.69) is 6.92 Å². The Bertz CT molecular complexity index is 180. The molecule has 3 fully saturated rings. The normalized spacial score (nSPS) is 62.7. The first-order chi connectivity index (χ1) is 4.83. The fraction of sp³-hybridized carbons (Fsp3) is 1.00. The number of hydrogen-bond donors (Lipinski definition) is 0. The molecule has 3 aliphatic carbocycles. The van der Waals surface area contributed by atoms with Crippen molar-refractivity contribution in [3.63, 3.8) is 0 Å². The molecule has 3 aliphatic rings. The van der Waals surface area contributed by atoms with Crippen LogP contribution < -0.4 is 0 Å². The summed E-state index contributed by atoms with van der Waals surface area (Å²) >= 11 is 0. The molecule has 0 bridgehead atoms. The van der Waals surface area contributed by atoms with E-state index in [0.717, 1.165) is 10.8 Å². The maximum atomic E-state index is 2.39. The Morgan fingerprint density at radius 3 is 3.00 bits per heavy atom. The van der Waals surface area contributed by atoms with Gasteiger partial charge in [0.2, 0.25) is 0 Å². The zero-order chi connectivity index (χ0) is 6.82. The molecule has 3 rings (SSSR count). The van der Waals surface area contributed by atoms with Crippen molar-refractivity contribution in [1.82, 2.24) is 0 Å². The Morgan fingerprint density at radius 1 is 1.50 bits per heavy atom. The fourth-order valence-electron chi connectivity index (χ4n) is 4.17. The molecule has 3 unspecified atom stereocenters. The van der Waals surface area contributed by atoms with Gasteiger partial charge in [-0.05, 0) is 48.9 Å².